The lowest BCUT2D eigenvalue weighted by atomic mass is 9.99. The van der Waals surface area contributed by atoms with Crippen molar-refractivity contribution in [3.63, 3.8) is 0 Å². The lowest BCUT2D eigenvalue weighted by Gasteiger charge is -2.39. The normalized spacial score (nSPS) is 32.5. The van der Waals surface area contributed by atoms with Crippen molar-refractivity contribution in [3.8, 4) is 5.75 Å². The molecule has 1 aromatic carbocycles. The van der Waals surface area contributed by atoms with Crippen LogP contribution < -0.4 is 4.74 Å². The molecule has 1 saturated heterocycles. The van der Waals surface area contributed by atoms with Crippen molar-refractivity contribution in [1.82, 2.24) is 0 Å². The first kappa shape index (κ1) is 18.1. The molecule has 0 spiro atoms. The van der Waals surface area contributed by atoms with Crippen LogP contribution in [0.25, 0.3) is 0 Å². The van der Waals surface area contributed by atoms with Crippen LogP contribution in [0.4, 0.5) is 0 Å². The van der Waals surface area contributed by atoms with Gasteiger partial charge in [0.1, 0.15) is 30.2 Å². The van der Waals surface area contributed by atoms with Gasteiger partial charge in [-0.2, -0.15) is 0 Å². The number of rotatable bonds is 6. The third-order valence-corrected chi connectivity index (χ3v) is 3.87. The third-order valence-electron chi connectivity index (χ3n) is 3.87. The van der Waals surface area contributed by atoms with Crippen LogP contribution in [0.5, 0.6) is 5.75 Å². The van der Waals surface area contributed by atoms with Gasteiger partial charge in [0.15, 0.2) is 0 Å². The second kappa shape index (κ2) is 8.05. The number of aliphatic hydroxyl groups is 5. The highest BCUT2D eigenvalue weighted by molar-refractivity contribution is 5.27. The summed E-state index contributed by atoms with van der Waals surface area (Å²) in [6.07, 6.45) is -5.44. The number of ether oxygens (including phenoxy) is 2. The van der Waals surface area contributed by atoms with Crippen molar-refractivity contribution in [3.05, 3.63) is 29.8 Å². The van der Waals surface area contributed by atoms with Crippen molar-refractivity contribution in [2.24, 2.45) is 0 Å². The first-order valence-electron chi connectivity index (χ1n) is 7.66. The Hall–Kier alpha value is -1.22. The Morgan fingerprint density at radius 3 is 2.30 bits per heavy atom. The summed E-state index contributed by atoms with van der Waals surface area (Å²) >= 11 is 0. The summed E-state index contributed by atoms with van der Waals surface area (Å²) in [5.74, 6) is 0.426. The molecule has 2 rings (SSSR count). The van der Waals surface area contributed by atoms with E-state index in [2.05, 4.69) is 0 Å². The van der Waals surface area contributed by atoms with Gasteiger partial charge in [-0.3, -0.25) is 0 Å². The minimum absolute atomic E-state index is 0.361. The van der Waals surface area contributed by atoms with Gasteiger partial charge in [0, 0.05) is 0 Å². The summed E-state index contributed by atoms with van der Waals surface area (Å²) in [6, 6.07) is 7.06. The largest absolute Gasteiger partial charge is 0.462 e. The number of hydrogen-bond acceptors (Lipinski definition) is 7. The molecule has 0 aromatic heterocycles. The molecule has 0 amide bonds. The van der Waals surface area contributed by atoms with Gasteiger partial charge in [-0.25, -0.2) is 0 Å². The van der Waals surface area contributed by atoms with Crippen LogP contribution >= 0.6 is 0 Å². The molecule has 130 valence electrons. The Morgan fingerprint density at radius 1 is 1.09 bits per heavy atom. The summed E-state index contributed by atoms with van der Waals surface area (Å²) in [4.78, 5) is 0. The maximum Gasteiger partial charge on any atom is 0.229 e. The Morgan fingerprint density at radius 2 is 1.74 bits per heavy atom. The number of aliphatic hydroxyl groups excluding tert-OH is 5. The third kappa shape index (κ3) is 4.63. The summed E-state index contributed by atoms with van der Waals surface area (Å²) in [6.45, 7) is 1.24. The highest BCUT2D eigenvalue weighted by atomic mass is 16.7. The molecule has 23 heavy (non-hydrogen) atoms. The molecule has 0 radical (unpaired) electrons. The maximum atomic E-state index is 9.91. The smallest absolute Gasteiger partial charge is 0.229 e. The van der Waals surface area contributed by atoms with E-state index in [0.717, 1.165) is 12.0 Å². The van der Waals surface area contributed by atoms with E-state index in [0.29, 0.717) is 12.2 Å². The fraction of sp³-hybridized carbons (Fsp3) is 0.625. The van der Waals surface area contributed by atoms with Crippen LogP contribution in [0.3, 0.4) is 0 Å². The van der Waals surface area contributed by atoms with Crippen LogP contribution in [0.15, 0.2) is 24.3 Å². The standard InChI is InChI=1S/C16H24O7/c1-9(18)2-3-10-4-6-11(7-5-10)22-16-15(21)14(20)13(19)12(8-17)23-16/h4-7,9,12-21H,2-3,8H2,1H3. The Labute approximate surface area is 134 Å². The molecule has 1 aliphatic rings. The van der Waals surface area contributed by atoms with Crippen molar-refractivity contribution < 1.29 is 35.0 Å². The molecular formula is C16H24O7. The zero-order chi connectivity index (χ0) is 17.0. The van der Waals surface area contributed by atoms with E-state index in [4.69, 9.17) is 14.6 Å². The minimum atomic E-state index is -1.46. The SMILES string of the molecule is CC(O)CCc1ccc(OC2OC(CO)C(O)C(O)C2O)cc1. The maximum absolute atomic E-state index is 9.91. The predicted molar refractivity (Wildman–Crippen MR) is 80.8 cm³/mol. The van der Waals surface area contributed by atoms with Crippen LogP contribution in [0.2, 0.25) is 0 Å². The molecule has 6 atom stereocenters. The molecule has 6 unspecified atom stereocenters. The summed E-state index contributed by atoms with van der Waals surface area (Å²) in [5.41, 5.74) is 1.03. The van der Waals surface area contributed by atoms with Gasteiger partial charge in [0.2, 0.25) is 6.29 Å². The molecule has 7 nitrogen and oxygen atoms in total. The van der Waals surface area contributed by atoms with E-state index in [1.807, 2.05) is 12.1 Å². The average Bonchev–Trinajstić information content (AvgIpc) is 2.54. The second-order valence-electron chi connectivity index (χ2n) is 5.85. The first-order valence-corrected chi connectivity index (χ1v) is 7.66. The molecule has 5 N–H and O–H groups in total. The van der Waals surface area contributed by atoms with Gasteiger partial charge in [-0.1, -0.05) is 12.1 Å². The lowest BCUT2D eigenvalue weighted by Crippen LogP contribution is -2.60. The topological polar surface area (TPSA) is 120 Å². The fourth-order valence-corrected chi connectivity index (χ4v) is 2.41. The Kier molecular flexibility index (Phi) is 6.34. The summed E-state index contributed by atoms with van der Waals surface area (Å²) < 4.78 is 10.8. The van der Waals surface area contributed by atoms with Crippen molar-refractivity contribution >= 4 is 0 Å². The zero-order valence-corrected chi connectivity index (χ0v) is 12.9. The zero-order valence-electron chi connectivity index (χ0n) is 12.9. The quantitative estimate of drug-likeness (QED) is 0.463. The second-order valence-corrected chi connectivity index (χ2v) is 5.85. The Bertz CT molecular complexity index is 474. The predicted octanol–water partition coefficient (Wildman–Crippen LogP) is -0.821. The van der Waals surface area contributed by atoms with Crippen molar-refractivity contribution in [2.45, 2.75) is 56.6 Å². The monoisotopic (exact) mass is 328 g/mol. The van der Waals surface area contributed by atoms with Gasteiger partial charge >= 0.3 is 0 Å². The molecule has 0 saturated carbocycles. The molecule has 1 aromatic rings. The summed E-state index contributed by atoms with van der Waals surface area (Å²) in [7, 11) is 0. The number of benzene rings is 1. The van der Waals surface area contributed by atoms with E-state index in [9.17, 15) is 20.4 Å². The van der Waals surface area contributed by atoms with E-state index in [1.165, 1.54) is 0 Å². The molecular weight excluding hydrogens is 304 g/mol. The van der Waals surface area contributed by atoms with Gasteiger partial charge in [-0.15, -0.1) is 0 Å². The highest BCUT2D eigenvalue weighted by Gasteiger charge is 2.44. The van der Waals surface area contributed by atoms with Gasteiger partial charge in [-0.05, 0) is 37.5 Å². The van der Waals surface area contributed by atoms with Crippen LogP contribution in [-0.2, 0) is 11.2 Å². The van der Waals surface area contributed by atoms with Crippen LogP contribution in [-0.4, -0.2) is 68.9 Å². The van der Waals surface area contributed by atoms with E-state index in [-0.39, 0.29) is 6.10 Å². The van der Waals surface area contributed by atoms with Gasteiger partial charge < -0.3 is 35.0 Å². The van der Waals surface area contributed by atoms with Crippen molar-refractivity contribution in [2.75, 3.05) is 6.61 Å². The molecule has 7 heteroatoms. The number of hydrogen-bond donors (Lipinski definition) is 5. The van der Waals surface area contributed by atoms with Gasteiger partial charge in [0.25, 0.3) is 0 Å². The molecule has 1 fully saturated rings. The van der Waals surface area contributed by atoms with Crippen molar-refractivity contribution in [1.29, 1.82) is 0 Å². The van der Waals surface area contributed by atoms with E-state index < -0.39 is 37.3 Å². The van der Waals surface area contributed by atoms with Gasteiger partial charge in [0.05, 0.1) is 12.7 Å². The van der Waals surface area contributed by atoms with E-state index in [1.54, 1.807) is 19.1 Å². The average molecular weight is 328 g/mol. The molecule has 1 heterocycles. The first-order chi connectivity index (χ1) is 10.9. The minimum Gasteiger partial charge on any atom is -0.462 e. The fourth-order valence-electron chi connectivity index (χ4n) is 2.41. The van der Waals surface area contributed by atoms with Crippen LogP contribution in [0.1, 0.15) is 18.9 Å². The lowest BCUT2D eigenvalue weighted by molar-refractivity contribution is -0.277. The molecule has 0 bridgehead atoms. The van der Waals surface area contributed by atoms with Crippen LogP contribution in [0, 0.1) is 0 Å². The molecule has 0 aliphatic carbocycles. The molecule has 1 aliphatic heterocycles. The summed E-state index contributed by atoms with van der Waals surface area (Å²) in [5, 5.41) is 47.8. The highest BCUT2D eigenvalue weighted by Crippen LogP contribution is 2.24. The Balaban J connectivity index is 1.97. The van der Waals surface area contributed by atoms with E-state index >= 15 is 0 Å². The number of aryl methyl sites for hydroxylation is 1.